The Kier molecular flexibility index (Phi) is 7.03. The summed E-state index contributed by atoms with van der Waals surface area (Å²) in [5.74, 6) is 0. The Morgan fingerprint density at radius 3 is 2.00 bits per heavy atom. The number of rotatable bonds is 3. The summed E-state index contributed by atoms with van der Waals surface area (Å²) < 4.78 is 16.3. The molecular weight excluding hydrogens is 276 g/mol. The fraction of sp³-hybridized carbons (Fsp3) is 0.0667. The fourth-order valence-electron chi connectivity index (χ4n) is 1.60. The molecule has 2 aromatic rings. The molecule has 2 rings (SSSR count). The quantitative estimate of drug-likeness (QED) is 0.852. The van der Waals surface area contributed by atoms with Crippen LogP contribution in [0.25, 0.3) is 6.08 Å². The topological polar surface area (TPSA) is 37.3 Å². The van der Waals surface area contributed by atoms with E-state index in [-0.39, 0.29) is 0 Å². The van der Waals surface area contributed by atoms with Crippen molar-refractivity contribution in [3.05, 3.63) is 77.9 Å². The van der Waals surface area contributed by atoms with Crippen LogP contribution in [0.2, 0.25) is 0 Å². The van der Waals surface area contributed by atoms with Crippen LogP contribution in [-0.2, 0) is 27.2 Å². The maximum absolute atomic E-state index is 8.96. The summed E-state index contributed by atoms with van der Waals surface area (Å²) in [6.07, 6.45) is 2.87. The summed E-state index contributed by atoms with van der Waals surface area (Å²) in [4.78, 5) is 0. The fourth-order valence-corrected chi connectivity index (χ4v) is 1.60. The van der Waals surface area contributed by atoms with Gasteiger partial charge in [0.15, 0.2) is 0 Å². The first kappa shape index (κ1) is 15.6. The Morgan fingerprint density at radius 2 is 1.53 bits per heavy atom. The number of thiol groups is 1. The molecule has 0 aliphatic rings. The Labute approximate surface area is 120 Å². The van der Waals surface area contributed by atoms with Crippen molar-refractivity contribution in [3.8, 4) is 0 Å². The molecule has 0 amide bonds. The average molecular weight is 292 g/mol. The van der Waals surface area contributed by atoms with Crippen molar-refractivity contribution in [1.82, 2.24) is 0 Å². The lowest BCUT2D eigenvalue weighted by atomic mass is 10.0. The van der Waals surface area contributed by atoms with Crippen molar-refractivity contribution in [1.29, 1.82) is 0 Å². The van der Waals surface area contributed by atoms with E-state index in [1.807, 2.05) is 12.1 Å². The molecule has 1 unspecified atom stereocenters. The molecule has 0 saturated carbocycles. The molecule has 100 valence electrons. The van der Waals surface area contributed by atoms with Crippen LogP contribution in [0, 0.1) is 0 Å². The number of hydrogen-bond acceptors (Lipinski definition) is 2. The van der Waals surface area contributed by atoms with E-state index in [9.17, 15) is 0 Å². The first-order valence-electron chi connectivity index (χ1n) is 5.70. The van der Waals surface area contributed by atoms with Crippen LogP contribution in [0.3, 0.4) is 0 Å². The Balaban J connectivity index is 0.000000399. The molecule has 0 bridgehead atoms. The molecule has 4 heteroatoms. The minimum Gasteiger partial charge on any atom is -0.308 e. The van der Waals surface area contributed by atoms with Crippen molar-refractivity contribution in [3.63, 3.8) is 0 Å². The second-order valence-corrected chi connectivity index (χ2v) is 5.26. The predicted octanol–water partition coefficient (Wildman–Crippen LogP) is 3.32. The molecule has 2 nitrogen and oxygen atoms in total. The molecule has 1 N–H and O–H groups in total. The van der Waals surface area contributed by atoms with Crippen molar-refractivity contribution in [2.45, 2.75) is 6.42 Å². The van der Waals surface area contributed by atoms with Gasteiger partial charge in [-0.1, -0.05) is 67.3 Å². The molecule has 0 aliphatic carbocycles. The predicted molar refractivity (Wildman–Crippen MR) is 85.3 cm³/mol. The van der Waals surface area contributed by atoms with Gasteiger partial charge in [-0.2, -0.15) is 0 Å². The van der Waals surface area contributed by atoms with Gasteiger partial charge < -0.3 is 4.55 Å². The van der Waals surface area contributed by atoms with E-state index in [1.165, 1.54) is 16.7 Å². The summed E-state index contributed by atoms with van der Waals surface area (Å²) in [6, 6.07) is 19.0. The highest BCUT2D eigenvalue weighted by Crippen LogP contribution is 2.10. The molecule has 0 spiro atoms. The van der Waals surface area contributed by atoms with Crippen LogP contribution in [0.15, 0.2) is 61.2 Å². The van der Waals surface area contributed by atoms with E-state index in [4.69, 9.17) is 8.76 Å². The molecule has 2 aromatic carbocycles. The molecule has 19 heavy (non-hydrogen) atoms. The second-order valence-electron chi connectivity index (χ2n) is 3.85. The normalized spacial score (nSPS) is 11.0. The summed E-state index contributed by atoms with van der Waals surface area (Å²) in [5, 5.41) is 0. The first-order chi connectivity index (χ1) is 9.11. The molecular formula is C15H16O2S2. The molecule has 0 aliphatic heterocycles. The van der Waals surface area contributed by atoms with E-state index >= 15 is 0 Å². The maximum atomic E-state index is 8.96. The van der Waals surface area contributed by atoms with Crippen LogP contribution < -0.4 is 0 Å². The van der Waals surface area contributed by atoms with Gasteiger partial charge in [-0.05, 0) is 23.1 Å². The lowest BCUT2D eigenvalue weighted by molar-refractivity contribution is 0.583. The van der Waals surface area contributed by atoms with E-state index in [1.54, 1.807) is 0 Å². The zero-order chi connectivity index (χ0) is 14.1. The molecule has 1 atom stereocenters. The minimum absolute atomic E-state index is 0.998. The zero-order valence-corrected chi connectivity index (χ0v) is 12.1. The smallest absolute Gasteiger partial charge is 0.130 e. The van der Waals surface area contributed by atoms with Gasteiger partial charge >= 0.3 is 0 Å². The van der Waals surface area contributed by atoms with Gasteiger partial charge in [0.05, 0.1) is 0 Å². The molecule has 0 heterocycles. The highest BCUT2D eigenvalue weighted by atomic mass is 32.8. The average Bonchev–Trinajstić information content (AvgIpc) is 2.40. The lowest BCUT2D eigenvalue weighted by Crippen LogP contribution is -1.87. The Hall–Kier alpha value is -1.49. The third kappa shape index (κ3) is 6.86. The minimum atomic E-state index is -2.29. The van der Waals surface area contributed by atoms with Crippen molar-refractivity contribution < 1.29 is 8.76 Å². The summed E-state index contributed by atoms with van der Waals surface area (Å²) in [6.45, 7) is 3.74. The molecule has 0 aromatic heterocycles. The Bertz CT molecular complexity index is 565. The van der Waals surface area contributed by atoms with Gasteiger partial charge in [0, 0.05) is 11.2 Å². The maximum Gasteiger partial charge on any atom is 0.130 e. The van der Waals surface area contributed by atoms with Crippen LogP contribution >= 0.6 is 0 Å². The third-order valence-corrected chi connectivity index (χ3v) is 2.47. The monoisotopic (exact) mass is 292 g/mol. The lowest BCUT2D eigenvalue weighted by Gasteiger charge is -2.02. The van der Waals surface area contributed by atoms with Crippen LogP contribution in [0.4, 0.5) is 0 Å². The van der Waals surface area contributed by atoms with Crippen LogP contribution in [0.1, 0.15) is 16.7 Å². The van der Waals surface area contributed by atoms with E-state index in [0.29, 0.717) is 0 Å². The summed E-state index contributed by atoms with van der Waals surface area (Å²) in [7, 11) is -2.29. The van der Waals surface area contributed by atoms with E-state index in [2.05, 4.69) is 66.3 Å². The zero-order valence-electron chi connectivity index (χ0n) is 10.4. The van der Waals surface area contributed by atoms with E-state index < -0.39 is 9.64 Å². The first-order valence-corrected chi connectivity index (χ1v) is 7.93. The standard InChI is InChI=1S/C15H14.H2O2S2/c1-2-13-8-10-15(11-9-13)12-14-6-4-3-5-7-14;1-4(2)3/h2-11H,1,12H2;4H,(H,1,2,3). The van der Waals surface area contributed by atoms with Gasteiger partial charge in [0.25, 0.3) is 0 Å². The van der Waals surface area contributed by atoms with Gasteiger partial charge in [-0.25, -0.2) is 4.21 Å². The third-order valence-electron chi connectivity index (χ3n) is 2.47. The molecule has 0 saturated heterocycles. The van der Waals surface area contributed by atoms with Gasteiger partial charge in [0.1, 0.15) is 9.64 Å². The highest BCUT2D eigenvalue weighted by molar-refractivity contribution is 8.18. The van der Waals surface area contributed by atoms with E-state index in [0.717, 1.165) is 6.42 Å². The number of benzene rings is 2. The molecule has 0 radical (unpaired) electrons. The van der Waals surface area contributed by atoms with Crippen molar-refractivity contribution in [2.75, 3.05) is 0 Å². The summed E-state index contributed by atoms with van der Waals surface area (Å²) >= 11 is 3.69. The summed E-state index contributed by atoms with van der Waals surface area (Å²) in [5.41, 5.74) is 3.86. The van der Waals surface area contributed by atoms with Crippen LogP contribution in [-0.4, -0.2) is 8.76 Å². The number of hydrogen-bond donors (Lipinski definition) is 2. The van der Waals surface area contributed by atoms with Gasteiger partial charge in [0.2, 0.25) is 0 Å². The highest BCUT2D eigenvalue weighted by Gasteiger charge is 1.94. The van der Waals surface area contributed by atoms with Gasteiger partial charge in [-0.3, -0.25) is 0 Å². The van der Waals surface area contributed by atoms with Crippen LogP contribution in [0.5, 0.6) is 0 Å². The van der Waals surface area contributed by atoms with Crippen molar-refractivity contribution in [2.24, 2.45) is 0 Å². The SMILES string of the molecule is C=Cc1ccc(Cc2ccccc2)cc1.O=[SH](O)=S. The molecule has 0 fully saturated rings. The Morgan fingerprint density at radius 1 is 1.05 bits per heavy atom. The van der Waals surface area contributed by atoms with Gasteiger partial charge in [-0.15, -0.1) is 0 Å². The second kappa shape index (κ2) is 8.58. The van der Waals surface area contributed by atoms with Crippen molar-refractivity contribution >= 4 is 26.9 Å². The largest absolute Gasteiger partial charge is 0.308 e.